The Balaban J connectivity index is 2.23. The topological polar surface area (TPSA) is 93.7 Å². The van der Waals surface area contributed by atoms with Crippen LogP contribution in [0, 0.1) is 0 Å². The number of benzene rings is 1. The third-order valence-corrected chi connectivity index (χ3v) is 3.79. The second-order valence-corrected chi connectivity index (χ2v) is 5.85. The highest BCUT2D eigenvalue weighted by Gasteiger charge is 2.23. The number of hydrogen-bond acceptors (Lipinski definition) is 5. The molecule has 0 spiro atoms. The van der Waals surface area contributed by atoms with Crippen molar-refractivity contribution in [1.29, 1.82) is 0 Å². The first-order chi connectivity index (χ1) is 10.4. The lowest BCUT2D eigenvalue weighted by Crippen LogP contribution is -2.22. The van der Waals surface area contributed by atoms with E-state index in [0.717, 1.165) is 0 Å². The molecule has 22 heavy (non-hydrogen) atoms. The molecule has 1 heterocycles. The lowest BCUT2D eigenvalue weighted by atomic mass is 10.2. The van der Waals surface area contributed by atoms with Gasteiger partial charge in [-0.15, -0.1) is 0 Å². The van der Waals surface area contributed by atoms with Crippen molar-refractivity contribution in [2.75, 3.05) is 13.7 Å². The summed E-state index contributed by atoms with van der Waals surface area (Å²) in [6.07, 6.45) is 1.51. The largest absolute Gasteiger partial charge is 0.480 e. The normalized spacial score (nSPS) is 15.5. The number of rotatable bonds is 4. The van der Waals surface area contributed by atoms with Crippen molar-refractivity contribution in [3.8, 4) is 5.75 Å². The summed E-state index contributed by atoms with van der Waals surface area (Å²) >= 11 is 6.64. The highest BCUT2D eigenvalue weighted by Crippen LogP contribution is 2.35. The molecule has 0 saturated carbocycles. The smallest absolute Gasteiger partial charge is 0.343 e. The van der Waals surface area contributed by atoms with Crippen LogP contribution in [0.1, 0.15) is 5.56 Å². The van der Waals surface area contributed by atoms with E-state index < -0.39 is 17.9 Å². The molecule has 0 atom stereocenters. The first-order valence-corrected chi connectivity index (χ1v) is 7.52. The van der Waals surface area contributed by atoms with Gasteiger partial charge in [-0.05, 0) is 55.6 Å². The number of urea groups is 1. The van der Waals surface area contributed by atoms with Gasteiger partial charge in [0.25, 0.3) is 5.91 Å². The van der Waals surface area contributed by atoms with Gasteiger partial charge < -0.3 is 14.8 Å². The summed E-state index contributed by atoms with van der Waals surface area (Å²) < 4.78 is 11.0. The van der Waals surface area contributed by atoms with Crippen LogP contribution in [0.25, 0.3) is 6.08 Å². The van der Waals surface area contributed by atoms with Gasteiger partial charge in [-0.2, -0.15) is 0 Å². The van der Waals surface area contributed by atoms with E-state index in [4.69, 9.17) is 4.74 Å². The third-order valence-electron chi connectivity index (χ3n) is 2.61. The molecule has 0 aromatic heterocycles. The van der Waals surface area contributed by atoms with E-state index in [1.807, 2.05) is 0 Å². The van der Waals surface area contributed by atoms with Gasteiger partial charge in [0.2, 0.25) is 0 Å². The minimum Gasteiger partial charge on any atom is -0.480 e. The molecule has 2 N–H and O–H groups in total. The molecule has 1 saturated heterocycles. The molecule has 2 rings (SSSR count). The van der Waals surface area contributed by atoms with Crippen molar-refractivity contribution < 1.29 is 23.9 Å². The van der Waals surface area contributed by atoms with E-state index >= 15 is 0 Å². The number of methoxy groups -OCH3 is 1. The molecule has 0 bridgehead atoms. The molecule has 0 unspecified atom stereocenters. The number of halogens is 2. The number of carbonyl (C=O) groups excluding carboxylic acids is 3. The van der Waals surface area contributed by atoms with Crippen molar-refractivity contribution in [2.45, 2.75) is 0 Å². The van der Waals surface area contributed by atoms with Crippen molar-refractivity contribution in [3.63, 3.8) is 0 Å². The first kappa shape index (κ1) is 16.5. The zero-order valence-corrected chi connectivity index (χ0v) is 14.4. The lowest BCUT2D eigenvalue weighted by Gasteiger charge is -2.10. The van der Waals surface area contributed by atoms with Gasteiger partial charge in [-0.25, -0.2) is 9.59 Å². The summed E-state index contributed by atoms with van der Waals surface area (Å²) in [4.78, 5) is 33.6. The highest BCUT2D eigenvalue weighted by atomic mass is 79.9. The molecular formula is C13H10Br2N2O5. The molecule has 116 valence electrons. The van der Waals surface area contributed by atoms with Crippen LogP contribution in [0.3, 0.4) is 0 Å². The van der Waals surface area contributed by atoms with Crippen molar-refractivity contribution >= 4 is 55.8 Å². The Morgan fingerprint density at radius 1 is 1.23 bits per heavy atom. The summed E-state index contributed by atoms with van der Waals surface area (Å²) in [5.74, 6) is -0.578. The average Bonchev–Trinajstić information content (AvgIpc) is 2.75. The van der Waals surface area contributed by atoms with Crippen molar-refractivity contribution in [1.82, 2.24) is 10.6 Å². The van der Waals surface area contributed by atoms with E-state index in [1.54, 1.807) is 12.1 Å². The number of esters is 1. The second-order valence-electron chi connectivity index (χ2n) is 4.14. The van der Waals surface area contributed by atoms with Gasteiger partial charge in [0.15, 0.2) is 6.61 Å². The Morgan fingerprint density at radius 2 is 1.86 bits per heavy atom. The minimum atomic E-state index is -0.563. The number of amides is 3. The predicted octanol–water partition coefficient (Wildman–Crippen LogP) is 1.94. The summed E-state index contributed by atoms with van der Waals surface area (Å²) in [6.45, 7) is -0.230. The maximum atomic E-state index is 11.5. The van der Waals surface area contributed by atoms with E-state index in [0.29, 0.717) is 20.3 Å². The Hall–Kier alpha value is -1.87. The molecule has 1 aromatic carbocycles. The zero-order chi connectivity index (χ0) is 16.3. The Kier molecular flexibility index (Phi) is 5.19. The SMILES string of the molecule is COC(=O)COc1c(Br)cc(/C=C2/NC(=O)NC2=O)cc1Br. The average molecular weight is 434 g/mol. The van der Waals surface area contributed by atoms with Crippen LogP contribution in [0.15, 0.2) is 26.8 Å². The maximum Gasteiger partial charge on any atom is 0.343 e. The summed E-state index contributed by atoms with van der Waals surface area (Å²) in [6, 6.07) is 2.80. The molecule has 3 amide bonds. The second kappa shape index (κ2) is 6.93. The molecule has 1 fully saturated rings. The molecular weight excluding hydrogens is 424 g/mol. The molecule has 7 nitrogen and oxygen atoms in total. The van der Waals surface area contributed by atoms with Crippen LogP contribution in [-0.2, 0) is 14.3 Å². The number of imide groups is 1. The predicted molar refractivity (Wildman–Crippen MR) is 84.0 cm³/mol. The molecule has 0 aliphatic carbocycles. The Morgan fingerprint density at radius 3 is 2.36 bits per heavy atom. The highest BCUT2D eigenvalue weighted by molar-refractivity contribution is 9.11. The molecule has 0 radical (unpaired) electrons. The van der Waals surface area contributed by atoms with Gasteiger partial charge in [0, 0.05) is 0 Å². The monoisotopic (exact) mass is 432 g/mol. The molecule has 1 aliphatic rings. The number of hydrogen-bond donors (Lipinski definition) is 2. The van der Waals surface area contributed by atoms with Crippen LogP contribution in [0.2, 0.25) is 0 Å². The quantitative estimate of drug-likeness (QED) is 0.430. The fourth-order valence-electron chi connectivity index (χ4n) is 1.64. The maximum absolute atomic E-state index is 11.5. The van der Waals surface area contributed by atoms with Gasteiger partial charge >= 0.3 is 12.0 Å². The zero-order valence-electron chi connectivity index (χ0n) is 11.2. The standard InChI is InChI=1S/C13H10Br2N2O5/c1-21-10(18)5-22-11-7(14)2-6(3-8(11)15)4-9-12(19)17-13(20)16-9/h2-4H,5H2,1H3,(H2,16,17,19,20)/b9-4+. The van der Waals surface area contributed by atoms with E-state index in [9.17, 15) is 14.4 Å². The van der Waals surface area contributed by atoms with Crippen LogP contribution in [0.5, 0.6) is 5.75 Å². The van der Waals surface area contributed by atoms with Crippen molar-refractivity contribution in [2.24, 2.45) is 0 Å². The number of ether oxygens (including phenoxy) is 2. The molecule has 1 aliphatic heterocycles. The van der Waals surface area contributed by atoms with E-state index in [1.165, 1.54) is 13.2 Å². The number of carbonyl (C=O) groups is 3. The minimum absolute atomic E-state index is 0.145. The molecule has 1 aromatic rings. The van der Waals surface area contributed by atoms with Crippen LogP contribution < -0.4 is 15.4 Å². The fraction of sp³-hybridized carbons (Fsp3) is 0.154. The summed E-state index contributed by atoms with van der Waals surface area (Å²) in [7, 11) is 1.27. The van der Waals surface area contributed by atoms with Crippen LogP contribution in [-0.4, -0.2) is 31.6 Å². The lowest BCUT2D eigenvalue weighted by molar-refractivity contribution is -0.142. The van der Waals surface area contributed by atoms with Crippen LogP contribution in [0.4, 0.5) is 4.79 Å². The Labute approximate surface area is 142 Å². The molecule has 9 heteroatoms. The van der Waals surface area contributed by atoms with Gasteiger partial charge in [0.05, 0.1) is 16.1 Å². The van der Waals surface area contributed by atoms with Gasteiger partial charge in [-0.3, -0.25) is 10.1 Å². The Bertz CT molecular complexity index is 664. The van der Waals surface area contributed by atoms with E-state index in [2.05, 4.69) is 47.2 Å². The number of nitrogens with one attached hydrogen (secondary N) is 2. The van der Waals surface area contributed by atoms with Gasteiger partial charge in [0.1, 0.15) is 11.4 Å². The van der Waals surface area contributed by atoms with E-state index in [-0.39, 0.29) is 12.3 Å². The third kappa shape index (κ3) is 3.86. The van der Waals surface area contributed by atoms with Gasteiger partial charge in [-0.1, -0.05) is 0 Å². The first-order valence-electron chi connectivity index (χ1n) is 5.93. The summed E-state index contributed by atoms with van der Waals surface area (Å²) in [5.41, 5.74) is 0.795. The fourth-order valence-corrected chi connectivity index (χ4v) is 3.09. The van der Waals surface area contributed by atoms with Crippen molar-refractivity contribution in [3.05, 3.63) is 32.3 Å². The summed E-state index contributed by atoms with van der Waals surface area (Å²) in [5, 5.41) is 4.50. The van der Waals surface area contributed by atoms with Crippen LogP contribution >= 0.6 is 31.9 Å².